The van der Waals surface area contributed by atoms with Crippen LogP contribution in [0.5, 0.6) is 0 Å². The molecule has 0 heterocycles. The molecule has 0 aliphatic carbocycles. The first-order valence-electron chi connectivity index (χ1n) is 5.37. The first-order chi connectivity index (χ1) is 6.74. The maximum absolute atomic E-state index is 9.19. The molecule has 0 N–H and O–H groups in total. The Balaban J connectivity index is 4.26. The molecule has 0 spiro atoms. The van der Waals surface area contributed by atoms with Gasteiger partial charge in [0.25, 0.3) is 0 Å². The maximum atomic E-state index is 9.19. The average Bonchev–Trinajstić information content (AvgIpc) is 2.19. The summed E-state index contributed by atoms with van der Waals surface area (Å²) in [6.45, 7) is 9.61. The molecule has 0 aliphatic heterocycles. The Hall–Kier alpha value is -1.03. The van der Waals surface area contributed by atoms with Crippen molar-refractivity contribution in [1.82, 2.24) is 0 Å². The molecule has 0 aromatic rings. The van der Waals surface area contributed by atoms with Crippen LogP contribution in [-0.2, 0) is 0 Å². The fraction of sp³-hybridized carbons (Fsp3) is 0.615. The van der Waals surface area contributed by atoms with Gasteiger partial charge in [-0.3, -0.25) is 0 Å². The second-order valence-electron chi connectivity index (χ2n) is 3.83. The zero-order chi connectivity index (χ0) is 10.9. The third-order valence-corrected chi connectivity index (χ3v) is 2.57. The minimum atomic E-state index is -0.237. The van der Waals surface area contributed by atoms with Crippen LogP contribution in [0.1, 0.15) is 45.4 Å². The molecule has 0 saturated carbocycles. The maximum Gasteiger partial charge on any atom is 0.0696 e. The predicted molar refractivity (Wildman–Crippen MR) is 61.8 cm³/mol. The topological polar surface area (TPSA) is 23.8 Å². The number of allylic oxidation sites excluding steroid dienone is 2. The monoisotopic (exact) mass is 191 g/mol. The van der Waals surface area contributed by atoms with Crippen LogP contribution in [0.15, 0.2) is 25.3 Å². The van der Waals surface area contributed by atoms with Gasteiger partial charge >= 0.3 is 0 Å². The van der Waals surface area contributed by atoms with Crippen LogP contribution < -0.4 is 0 Å². The van der Waals surface area contributed by atoms with E-state index in [1.807, 2.05) is 12.2 Å². The summed E-state index contributed by atoms with van der Waals surface area (Å²) in [5, 5.41) is 9.19. The fourth-order valence-electron chi connectivity index (χ4n) is 1.70. The van der Waals surface area contributed by atoms with Gasteiger partial charge in [0.2, 0.25) is 0 Å². The van der Waals surface area contributed by atoms with Crippen molar-refractivity contribution in [3.05, 3.63) is 25.3 Å². The molecule has 0 bridgehead atoms. The Morgan fingerprint density at radius 2 is 1.79 bits per heavy atom. The van der Waals surface area contributed by atoms with Crippen LogP contribution in [0.2, 0.25) is 0 Å². The number of hydrogen-bond acceptors (Lipinski definition) is 1. The SMILES string of the molecule is C=CCC(C#N)(CC=C)CCCCC. The molecular formula is C13H21N. The molecule has 0 aromatic heterocycles. The molecule has 0 saturated heterocycles. The van der Waals surface area contributed by atoms with Crippen LogP contribution >= 0.6 is 0 Å². The fourth-order valence-corrected chi connectivity index (χ4v) is 1.70. The Kier molecular flexibility index (Phi) is 6.84. The van der Waals surface area contributed by atoms with Gasteiger partial charge in [-0.25, -0.2) is 0 Å². The highest BCUT2D eigenvalue weighted by Crippen LogP contribution is 2.33. The molecule has 0 radical (unpaired) electrons. The summed E-state index contributed by atoms with van der Waals surface area (Å²) in [5.41, 5.74) is -0.237. The van der Waals surface area contributed by atoms with E-state index < -0.39 is 0 Å². The highest BCUT2D eigenvalue weighted by atomic mass is 14.4. The van der Waals surface area contributed by atoms with Crippen LogP contribution in [0.25, 0.3) is 0 Å². The zero-order valence-electron chi connectivity index (χ0n) is 9.26. The van der Waals surface area contributed by atoms with E-state index >= 15 is 0 Å². The summed E-state index contributed by atoms with van der Waals surface area (Å²) in [4.78, 5) is 0. The molecule has 0 fully saturated rings. The molecule has 0 aliphatic rings. The second-order valence-corrected chi connectivity index (χ2v) is 3.83. The van der Waals surface area contributed by atoms with Crippen molar-refractivity contribution in [2.45, 2.75) is 45.4 Å². The first-order valence-corrected chi connectivity index (χ1v) is 5.37. The van der Waals surface area contributed by atoms with Crippen molar-refractivity contribution in [3.8, 4) is 6.07 Å². The lowest BCUT2D eigenvalue weighted by atomic mass is 9.78. The van der Waals surface area contributed by atoms with Gasteiger partial charge in [-0.1, -0.05) is 38.3 Å². The third kappa shape index (κ3) is 4.28. The average molecular weight is 191 g/mol. The van der Waals surface area contributed by atoms with E-state index in [1.165, 1.54) is 12.8 Å². The summed E-state index contributed by atoms with van der Waals surface area (Å²) in [6.07, 6.45) is 9.75. The van der Waals surface area contributed by atoms with Crippen molar-refractivity contribution in [1.29, 1.82) is 5.26 Å². The molecule has 0 aromatic carbocycles. The molecule has 14 heavy (non-hydrogen) atoms. The van der Waals surface area contributed by atoms with Crippen molar-refractivity contribution in [3.63, 3.8) is 0 Å². The largest absolute Gasteiger partial charge is 0.198 e. The van der Waals surface area contributed by atoms with Gasteiger partial charge in [-0.15, -0.1) is 13.2 Å². The normalized spacial score (nSPS) is 10.6. The first kappa shape index (κ1) is 13.0. The summed E-state index contributed by atoms with van der Waals surface area (Å²) < 4.78 is 0. The van der Waals surface area contributed by atoms with Crippen molar-refractivity contribution < 1.29 is 0 Å². The van der Waals surface area contributed by atoms with E-state index in [0.717, 1.165) is 25.7 Å². The lowest BCUT2D eigenvalue weighted by Gasteiger charge is -2.23. The van der Waals surface area contributed by atoms with E-state index in [-0.39, 0.29) is 5.41 Å². The second kappa shape index (κ2) is 7.38. The third-order valence-electron chi connectivity index (χ3n) is 2.57. The van der Waals surface area contributed by atoms with Gasteiger partial charge in [-0.2, -0.15) is 5.26 Å². The van der Waals surface area contributed by atoms with Crippen LogP contribution in [-0.4, -0.2) is 0 Å². The molecule has 0 unspecified atom stereocenters. The summed E-state index contributed by atoms with van der Waals surface area (Å²) in [6, 6.07) is 2.43. The van der Waals surface area contributed by atoms with Gasteiger partial charge < -0.3 is 0 Å². The van der Waals surface area contributed by atoms with Gasteiger partial charge in [0.1, 0.15) is 0 Å². The van der Waals surface area contributed by atoms with Crippen molar-refractivity contribution in [2.75, 3.05) is 0 Å². The van der Waals surface area contributed by atoms with Crippen LogP contribution in [0.3, 0.4) is 0 Å². The van der Waals surface area contributed by atoms with Gasteiger partial charge in [0, 0.05) is 0 Å². The Bertz CT molecular complexity index is 200. The van der Waals surface area contributed by atoms with Crippen molar-refractivity contribution >= 4 is 0 Å². The molecule has 1 nitrogen and oxygen atoms in total. The molecule has 0 rings (SSSR count). The number of unbranched alkanes of at least 4 members (excludes halogenated alkanes) is 2. The molecular weight excluding hydrogens is 170 g/mol. The van der Waals surface area contributed by atoms with Crippen molar-refractivity contribution in [2.24, 2.45) is 5.41 Å². The summed E-state index contributed by atoms with van der Waals surface area (Å²) in [5.74, 6) is 0. The summed E-state index contributed by atoms with van der Waals surface area (Å²) in [7, 11) is 0. The van der Waals surface area contributed by atoms with Gasteiger partial charge in [0.05, 0.1) is 11.5 Å². The minimum absolute atomic E-state index is 0.237. The van der Waals surface area contributed by atoms with E-state index in [1.54, 1.807) is 0 Å². The van der Waals surface area contributed by atoms with E-state index in [0.29, 0.717) is 0 Å². The highest BCUT2D eigenvalue weighted by molar-refractivity contribution is 5.05. The Labute approximate surface area is 88.1 Å². The standard InChI is InChI=1S/C13H21N/c1-4-7-8-11-13(12-14,9-5-2)10-6-3/h5-6H,2-4,7-11H2,1H3. The van der Waals surface area contributed by atoms with E-state index in [9.17, 15) is 5.26 Å². The zero-order valence-corrected chi connectivity index (χ0v) is 9.26. The van der Waals surface area contributed by atoms with Crippen LogP contribution in [0.4, 0.5) is 0 Å². The Morgan fingerprint density at radius 1 is 1.21 bits per heavy atom. The van der Waals surface area contributed by atoms with Crippen LogP contribution in [0, 0.1) is 16.7 Å². The summed E-state index contributed by atoms with van der Waals surface area (Å²) >= 11 is 0. The quantitative estimate of drug-likeness (QED) is 0.416. The highest BCUT2D eigenvalue weighted by Gasteiger charge is 2.26. The smallest absolute Gasteiger partial charge is 0.0696 e. The lowest BCUT2D eigenvalue weighted by Crippen LogP contribution is -2.16. The number of hydrogen-bond donors (Lipinski definition) is 0. The Morgan fingerprint density at radius 3 is 2.14 bits per heavy atom. The molecule has 1 heteroatoms. The number of rotatable bonds is 8. The van der Waals surface area contributed by atoms with E-state index in [4.69, 9.17) is 0 Å². The molecule has 78 valence electrons. The molecule has 0 atom stereocenters. The number of nitriles is 1. The lowest BCUT2D eigenvalue weighted by molar-refractivity contribution is 0.355. The van der Waals surface area contributed by atoms with Gasteiger partial charge in [0.15, 0.2) is 0 Å². The minimum Gasteiger partial charge on any atom is -0.198 e. The molecule has 0 amide bonds. The van der Waals surface area contributed by atoms with Gasteiger partial charge in [-0.05, 0) is 19.3 Å². The number of nitrogens with zero attached hydrogens (tertiary/aromatic N) is 1. The predicted octanol–water partition coefficient (Wildman–Crippen LogP) is 4.23. The van der Waals surface area contributed by atoms with E-state index in [2.05, 4.69) is 26.2 Å².